The van der Waals surface area contributed by atoms with Gasteiger partial charge in [0.1, 0.15) is 11.1 Å². The number of aryl methyl sites for hydroxylation is 4. The van der Waals surface area contributed by atoms with E-state index in [0.717, 1.165) is 33.5 Å². The standard InChI is InChI=1S/C31H36N6O6/c1-7-43-26-14-21-8-9-35-24(22(21)15-25(26)41-5)16-27(33-28-19(3)12-18(2)13-20(28)4)36(31(35)39)10-11-37(40)30(38)23-17-32-34-29(23)42-6/h12-17,40H,7-11H2,1-6H3,(H,32,34). The number of rotatable bonds is 9. The fraction of sp³-hybridized carbons (Fsp3) is 0.355. The number of nitrogens with one attached hydrogen (secondary N) is 1. The Hall–Kier alpha value is -4.84. The Morgan fingerprint density at radius 2 is 1.84 bits per heavy atom. The van der Waals surface area contributed by atoms with Crippen LogP contribution in [0.1, 0.15) is 39.5 Å². The summed E-state index contributed by atoms with van der Waals surface area (Å²) in [5, 5.41) is 17.6. The van der Waals surface area contributed by atoms with E-state index in [2.05, 4.69) is 10.2 Å². The molecule has 12 heteroatoms. The number of fused-ring (bicyclic) bond motifs is 3. The van der Waals surface area contributed by atoms with Crippen LogP contribution in [0.15, 0.2) is 46.3 Å². The van der Waals surface area contributed by atoms with Crippen molar-refractivity contribution in [1.29, 1.82) is 0 Å². The number of nitrogens with zero attached hydrogens (tertiary/aromatic N) is 5. The summed E-state index contributed by atoms with van der Waals surface area (Å²) in [5.74, 6) is 0.654. The Bertz CT molecular complexity index is 1800. The first-order valence-corrected chi connectivity index (χ1v) is 14.1. The second-order valence-corrected chi connectivity index (χ2v) is 10.4. The van der Waals surface area contributed by atoms with Crippen LogP contribution in [0.3, 0.4) is 0 Å². The summed E-state index contributed by atoms with van der Waals surface area (Å²) in [6, 6.07) is 9.83. The van der Waals surface area contributed by atoms with E-state index >= 15 is 0 Å². The highest BCUT2D eigenvalue weighted by atomic mass is 16.5. The van der Waals surface area contributed by atoms with E-state index in [0.29, 0.717) is 47.3 Å². The number of aromatic nitrogens is 4. The molecule has 0 saturated carbocycles. The molecule has 0 spiro atoms. The third kappa shape index (κ3) is 5.65. The maximum Gasteiger partial charge on any atom is 0.330 e. The van der Waals surface area contributed by atoms with Gasteiger partial charge in [-0.2, -0.15) is 5.10 Å². The van der Waals surface area contributed by atoms with Gasteiger partial charge >= 0.3 is 5.69 Å². The molecule has 2 aromatic carbocycles. The lowest BCUT2D eigenvalue weighted by atomic mass is 9.97. The highest BCUT2D eigenvalue weighted by molar-refractivity contribution is 5.95. The van der Waals surface area contributed by atoms with Crippen molar-refractivity contribution in [3.8, 4) is 28.6 Å². The van der Waals surface area contributed by atoms with Gasteiger partial charge in [0.25, 0.3) is 5.91 Å². The zero-order valence-corrected chi connectivity index (χ0v) is 25.2. The van der Waals surface area contributed by atoms with Crippen LogP contribution in [0.25, 0.3) is 11.3 Å². The van der Waals surface area contributed by atoms with Gasteiger partial charge in [-0.15, -0.1) is 0 Å². The zero-order chi connectivity index (χ0) is 30.8. The number of methoxy groups -OCH3 is 2. The minimum absolute atomic E-state index is 0.0102. The molecule has 3 heterocycles. The highest BCUT2D eigenvalue weighted by Gasteiger charge is 2.24. The maximum atomic E-state index is 14.1. The number of H-pyrrole nitrogens is 1. The Morgan fingerprint density at radius 1 is 1.09 bits per heavy atom. The van der Waals surface area contributed by atoms with Gasteiger partial charge in [-0.3, -0.25) is 19.1 Å². The number of carbonyl (C=O) groups is 1. The molecule has 0 radical (unpaired) electrons. The zero-order valence-electron chi connectivity index (χ0n) is 25.2. The van der Waals surface area contributed by atoms with Crippen LogP contribution < -0.4 is 25.4 Å². The molecule has 43 heavy (non-hydrogen) atoms. The third-order valence-corrected chi connectivity index (χ3v) is 7.54. The summed E-state index contributed by atoms with van der Waals surface area (Å²) in [4.78, 5) is 32.0. The molecular formula is C31H36N6O6. The Kier molecular flexibility index (Phi) is 8.40. The second kappa shape index (κ2) is 12.2. The van der Waals surface area contributed by atoms with Gasteiger partial charge in [-0.05, 0) is 62.9 Å². The number of hydrogen-bond acceptors (Lipinski definition) is 8. The Morgan fingerprint density at radius 3 is 2.51 bits per heavy atom. The first kappa shape index (κ1) is 29.6. The lowest BCUT2D eigenvalue weighted by molar-refractivity contribution is -0.0604. The summed E-state index contributed by atoms with van der Waals surface area (Å²) in [7, 11) is 2.98. The molecule has 4 aromatic rings. The fourth-order valence-corrected chi connectivity index (χ4v) is 5.56. The number of hydrogen-bond donors (Lipinski definition) is 2. The molecule has 0 saturated heterocycles. The van der Waals surface area contributed by atoms with Gasteiger partial charge in [0.05, 0.1) is 44.9 Å². The normalized spacial score (nSPS) is 12.5. The van der Waals surface area contributed by atoms with E-state index < -0.39 is 5.91 Å². The molecule has 12 nitrogen and oxygen atoms in total. The van der Waals surface area contributed by atoms with Crippen molar-refractivity contribution in [2.75, 3.05) is 27.4 Å². The van der Waals surface area contributed by atoms with Crippen LogP contribution in [0.2, 0.25) is 0 Å². The van der Waals surface area contributed by atoms with E-state index in [-0.39, 0.29) is 30.2 Å². The molecule has 2 N–H and O–H groups in total. The van der Waals surface area contributed by atoms with Gasteiger partial charge in [0, 0.05) is 24.7 Å². The van der Waals surface area contributed by atoms with Crippen LogP contribution in [-0.4, -0.2) is 62.9 Å². The summed E-state index contributed by atoms with van der Waals surface area (Å²) in [6.07, 6.45) is 1.89. The van der Waals surface area contributed by atoms with Crippen LogP contribution in [0, 0.1) is 20.8 Å². The van der Waals surface area contributed by atoms with Crippen molar-refractivity contribution in [1.82, 2.24) is 24.4 Å². The van der Waals surface area contributed by atoms with E-state index in [1.807, 2.05) is 58.0 Å². The van der Waals surface area contributed by atoms with Crippen LogP contribution in [0.4, 0.5) is 5.69 Å². The average Bonchev–Trinajstić information content (AvgIpc) is 3.46. The lowest BCUT2D eigenvalue weighted by Crippen LogP contribution is -2.44. The summed E-state index contributed by atoms with van der Waals surface area (Å²) in [5.41, 5.74) is 6.56. The van der Waals surface area contributed by atoms with Crippen LogP contribution in [0.5, 0.6) is 17.4 Å². The van der Waals surface area contributed by atoms with E-state index in [4.69, 9.17) is 19.2 Å². The van der Waals surface area contributed by atoms with Crippen molar-refractivity contribution in [3.05, 3.63) is 80.3 Å². The molecule has 1 amide bonds. The molecule has 2 aromatic heterocycles. The van der Waals surface area contributed by atoms with Gasteiger partial charge in [0.2, 0.25) is 5.88 Å². The number of aromatic amines is 1. The number of carbonyl (C=O) groups excluding carboxylic acids is 1. The minimum Gasteiger partial charge on any atom is -0.493 e. The summed E-state index contributed by atoms with van der Waals surface area (Å²) < 4.78 is 19.7. The molecule has 226 valence electrons. The molecule has 5 rings (SSSR count). The molecule has 1 aliphatic rings. The first-order valence-electron chi connectivity index (χ1n) is 14.1. The van der Waals surface area contributed by atoms with Crippen LogP contribution >= 0.6 is 0 Å². The first-order chi connectivity index (χ1) is 20.7. The quantitative estimate of drug-likeness (QED) is 0.225. The average molecular weight is 589 g/mol. The fourth-order valence-electron chi connectivity index (χ4n) is 5.56. The van der Waals surface area contributed by atoms with Crippen molar-refractivity contribution in [3.63, 3.8) is 0 Å². The predicted molar refractivity (Wildman–Crippen MR) is 159 cm³/mol. The predicted octanol–water partition coefficient (Wildman–Crippen LogP) is 3.70. The third-order valence-electron chi connectivity index (χ3n) is 7.54. The molecule has 0 fully saturated rings. The SMILES string of the molecule is CCOc1cc2c(cc1OC)-c1cc(=Nc3c(C)cc(C)cc3C)n(CCN(O)C(=O)c3cn[nH]c3OC)c(=O)n1CC2. The van der Waals surface area contributed by atoms with Gasteiger partial charge in [-0.1, -0.05) is 17.7 Å². The van der Waals surface area contributed by atoms with Crippen molar-refractivity contribution in [2.24, 2.45) is 4.99 Å². The maximum absolute atomic E-state index is 14.1. The van der Waals surface area contributed by atoms with Crippen LogP contribution in [-0.2, 0) is 19.5 Å². The minimum atomic E-state index is -0.709. The number of hydroxylamine groups is 2. The summed E-state index contributed by atoms with van der Waals surface area (Å²) in [6.45, 7) is 8.66. The molecule has 0 bridgehead atoms. The number of benzene rings is 2. The Balaban J connectivity index is 1.64. The van der Waals surface area contributed by atoms with Crippen molar-refractivity contribution >= 4 is 11.6 Å². The van der Waals surface area contributed by atoms with Crippen molar-refractivity contribution in [2.45, 2.75) is 47.2 Å². The van der Waals surface area contributed by atoms with E-state index in [1.165, 1.54) is 17.9 Å². The lowest BCUT2D eigenvalue weighted by Gasteiger charge is -2.25. The number of amides is 1. The molecular weight excluding hydrogens is 552 g/mol. The van der Waals surface area contributed by atoms with Crippen molar-refractivity contribution < 1.29 is 24.2 Å². The largest absolute Gasteiger partial charge is 0.493 e. The second-order valence-electron chi connectivity index (χ2n) is 10.4. The molecule has 0 aliphatic carbocycles. The topological polar surface area (TPSA) is 136 Å². The molecule has 0 unspecified atom stereocenters. The van der Waals surface area contributed by atoms with E-state index in [9.17, 15) is 14.8 Å². The highest BCUT2D eigenvalue weighted by Crippen LogP contribution is 2.38. The van der Waals surface area contributed by atoms with Gasteiger partial charge in [-0.25, -0.2) is 19.9 Å². The number of ether oxygens (including phenoxy) is 3. The van der Waals surface area contributed by atoms with Gasteiger partial charge < -0.3 is 14.2 Å². The molecule has 1 aliphatic heterocycles. The Labute approximate surface area is 248 Å². The van der Waals surface area contributed by atoms with E-state index in [1.54, 1.807) is 11.7 Å². The molecule has 0 atom stereocenters. The smallest absolute Gasteiger partial charge is 0.330 e. The summed E-state index contributed by atoms with van der Waals surface area (Å²) >= 11 is 0. The van der Waals surface area contributed by atoms with Gasteiger partial charge in [0.15, 0.2) is 11.5 Å². The monoisotopic (exact) mass is 588 g/mol.